The summed E-state index contributed by atoms with van der Waals surface area (Å²) in [5, 5.41) is 3.08. The van der Waals surface area contributed by atoms with Crippen LogP contribution in [0.4, 0.5) is 0 Å². The molecule has 12 heavy (non-hydrogen) atoms. The number of nitrogens with zero attached hydrogens (tertiary/aromatic N) is 1. The van der Waals surface area contributed by atoms with Gasteiger partial charge in [-0.3, -0.25) is 4.99 Å². The van der Waals surface area contributed by atoms with Gasteiger partial charge in [0.05, 0.1) is 0 Å². The Morgan fingerprint density at radius 2 is 2.58 bits per heavy atom. The Bertz CT molecular complexity index is 243. The normalized spacial score (nSPS) is 14.6. The summed E-state index contributed by atoms with van der Waals surface area (Å²) in [4.78, 5) is 4.26. The minimum absolute atomic E-state index is 0.889. The standard InChI is InChI=1S/C10H14N2/c1-11-7-4-8-12-9-10-5-2-3-6-10/h2-3,5,9,11H,4,7-8H2,1H3. The van der Waals surface area contributed by atoms with Crippen LogP contribution in [0, 0.1) is 0 Å². The van der Waals surface area contributed by atoms with Crippen molar-refractivity contribution in [2.75, 3.05) is 20.1 Å². The maximum absolute atomic E-state index is 4.26. The molecule has 0 saturated carbocycles. The predicted octanol–water partition coefficient (Wildman–Crippen LogP) is 1.32. The first-order valence-electron chi connectivity index (χ1n) is 4.21. The lowest BCUT2D eigenvalue weighted by Gasteiger charge is -1.93. The molecule has 0 unspecified atom stereocenters. The van der Waals surface area contributed by atoms with Crippen LogP contribution in [-0.4, -0.2) is 26.4 Å². The average Bonchev–Trinajstić information content (AvgIpc) is 2.57. The SMILES string of the molecule is CNCCCN=CC1=C=CC=C1. The fraction of sp³-hybridized carbons (Fsp3) is 0.400. The van der Waals surface area contributed by atoms with E-state index < -0.39 is 0 Å². The molecule has 0 aromatic carbocycles. The zero-order chi connectivity index (χ0) is 8.65. The van der Waals surface area contributed by atoms with Crippen molar-refractivity contribution in [1.29, 1.82) is 0 Å². The van der Waals surface area contributed by atoms with Crippen LogP contribution in [0.1, 0.15) is 6.42 Å². The summed E-state index contributed by atoms with van der Waals surface area (Å²) in [6.07, 6.45) is 8.83. The molecule has 0 spiro atoms. The predicted molar refractivity (Wildman–Crippen MR) is 52.6 cm³/mol. The van der Waals surface area contributed by atoms with E-state index >= 15 is 0 Å². The fourth-order valence-corrected chi connectivity index (χ4v) is 0.935. The van der Waals surface area contributed by atoms with Crippen molar-refractivity contribution >= 4 is 6.21 Å². The van der Waals surface area contributed by atoms with Crippen molar-refractivity contribution in [2.45, 2.75) is 6.42 Å². The third-order valence-electron chi connectivity index (χ3n) is 1.57. The summed E-state index contributed by atoms with van der Waals surface area (Å²) < 4.78 is 0. The number of allylic oxidation sites excluding steroid dienone is 3. The Morgan fingerprint density at radius 3 is 3.25 bits per heavy atom. The van der Waals surface area contributed by atoms with Crippen LogP contribution >= 0.6 is 0 Å². The van der Waals surface area contributed by atoms with Gasteiger partial charge >= 0.3 is 0 Å². The molecule has 0 aliphatic heterocycles. The smallest absolute Gasteiger partial charge is 0.0401 e. The van der Waals surface area contributed by atoms with Crippen LogP contribution in [-0.2, 0) is 0 Å². The topological polar surface area (TPSA) is 24.4 Å². The molecule has 64 valence electrons. The lowest BCUT2D eigenvalue weighted by molar-refractivity contribution is 0.735. The Balaban J connectivity index is 2.14. The van der Waals surface area contributed by atoms with Crippen LogP contribution in [0.2, 0.25) is 0 Å². The van der Waals surface area contributed by atoms with E-state index in [4.69, 9.17) is 0 Å². The van der Waals surface area contributed by atoms with Gasteiger partial charge in [0, 0.05) is 18.3 Å². The molecule has 0 radical (unpaired) electrons. The molecule has 2 nitrogen and oxygen atoms in total. The van der Waals surface area contributed by atoms with Crippen molar-refractivity contribution in [3.8, 4) is 0 Å². The Kier molecular flexibility index (Phi) is 4.14. The highest BCUT2D eigenvalue weighted by Gasteiger charge is 1.87. The van der Waals surface area contributed by atoms with Gasteiger partial charge in [-0.25, -0.2) is 0 Å². The second kappa shape index (κ2) is 5.53. The van der Waals surface area contributed by atoms with Crippen LogP contribution in [0.25, 0.3) is 0 Å². The summed E-state index contributed by atoms with van der Waals surface area (Å²) in [5.41, 5.74) is 4.13. The summed E-state index contributed by atoms with van der Waals surface area (Å²) in [6.45, 7) is 1.92. The van der Waals surface area contributed by atoms with Crippen molar-refractivity contribution < 1.29 is 0 Å². The lowest BCUT2D eigenvalue weighted by atomic mass is 10.3. The molecule has 1 aliphatic carbocycles. The van der Waals surface area contributed by atoms with Crippen LogP contribution in [0.5, 0.6) is 0 Å². The van der Waals surface area contributed by atoms with Gasteiger partial charge in [-0.2, -0.15) is 0 Å². The Morgan fingerprint density at radius 1 is 1.67 bits per heavy atom. The highest BCUT2D eigenvalue weighted by molar-refractivity contribution is 5.83. The fourth-order valence-electron chi connectivity index (χ4n) is 0.935. The van der Waals surface area contributed by atoms with Crippen molar-refractivity contribution in [2.24, 2.45) is 4.99 Å². The maximum Gasteiger partial charge on any atom is 0.0401 e. The monoisotopic (exact) mass is 162 g/mol. The van der Waals surface area contributed by atoms with Gasteiger partial charge < -0.3 is 5.32 Å². The molecular formula is C10H14N2. The molecule has 1 N–H and O–H groups in total. The largest absolute Gasteiger partial charge is 0.320 e. The number of hydrogen-bond donors (Lipinski definition) is 1. The summed E-state index contributed by atoms with van der Waals surface area (Å²) in [5.74, 6) is 0. The zero-order valence-electron chi connectivity index (χ0n) is 7.38. The van der Waals surface area contributed by atoms with E-state index in [0.717, 1.165) is 25.1 Å². The summed E-state index contributed by atoms with van der Waals surface area (Å²) >= 11 is 0. The second-order valence-electron chi connectivity index (χ2n) is 2.62. The van der Waals surface area contributed by atoms with Gasteiger partial charge in [0.15, 0.2) is 0 Å². The molecule has 1 aliphatic rings. The molecule has 0 bridgehead atoms. The number of nitrogens with one attached hydrogen (secondary N) is 1. The number of aliphatic imine (C=N–C) groups is 1. The second-order valence-corrected chi connectivity index (χ2v) is 2.62. The van der Waals surface area contributed by atoms with E-state index in [2.05, 4.69) is 16.0 Å². The molecule has 0 saturated heterocycles. The van der Waals surface area contributed by atoms with Gasteiger partial charge in [0.2, 0.25) is 0 Å². The van der Waals surface area contributed by atoms with Crippen LogP contribution < -0.4 is 5.32 Å². The molecule has 1 rings (SSSR count). The highest BCUT2D eigenvalue weighted by atomic mass is 14.8. The highest BCUT2D eigenvalue weighted by Crippen LogP contribution is 1.97. The van der Waals surface area contributed by atoms with Gasteiger partial charge in [0.25, 0.3) is 0 Å². The molecule has 0 aromatic rings. The molecular weight excluding hydrogens is 148 g/mol. The van der Waals surface area contributed by atoms with E-state index in [1.54, 1.807) is 0 Å². The Labute approximate surface area is 73.4 Å². The number of rotatable bonds is 5. The van der Waals surface area contributed by atoms with Gasteiger partial charge in [-0.05, 0) is 32.2 Å². The first-order chi connectivity index (χ1) is 5.93. The average molecular weight is 162 g/mol. The van der Waals surface area contributed by atoms with E-state index in [0.29, 0.717) is 0 Å². The third kappa shape index (κ3) is 3.33. The lowest BCUT2D eigenvalue weighted by Crippen LogP contribution is -2.08. The molecule has 0 amide bonds. The Hall–Kier alpha value is -1.11. The first kappa shape index (κ1) is 8.98. The quantitative estimate of drug-likeness (QED) is 0.368. The van der Waals surface area contributed by atoms with Gasteiger partial charge in [-0.15, -0.1) is 5.73 Å². The molecule has 0 atom stereocenters. The van der Waals surface area contributed by atoms with E-state index in [1.807, 2.05) is 31.5 Å². The zero-order valence-corrected chi connectivity index (χ0v) is 7.38. The van der Waals surface area contributed by atoms with Gasteiger partial charge in [0.1, 0.15) is 0 Å². The minimum Gasteiger partial charge on any atom is -0.320 e. The van der Waals surface area contributed by atoms with E-state index in [1.165, 1.54) is 0 Å². The summed E-state index contributed by atoms with van der Waals surface area (Å²) in [7, 11) is 1.95. The van der Waals surface area contributed by atoms with E-state index in [9.17, 15) is 0 Å². The van der Waals surface area contributed by atoms with Crippen LogP contribution in [0.15, 0.2) is 34.5 Å². The third-order valence-corrected chi connectivity index (χ3v) is 1.57. The van der Waals surface area contributed by atoms with Crippen molar-refractivity contribution in [1.82, 2.24) is 5.32 Å². The van der Waals surface area contributed by atoms with Gasteiger partial charge in [-0.1, -0.05) is 6.08 Å². The number of hydrogen-bond acceptors (Lipinski definition) is 2. The molecule has 0 fully saturated rings. The van der Waals surface area contributed by atoms with Crippen LogP contribution in [0.3, 0.4) is 0 Å². The van der Waals surface area contributed by atoms with Crippen molar-refractivity contribution in [3.05, 3.63) is 29.5 Å². The van der Waals surface area contributed by atoms with Crippen molar-refractivity contribution in [3.63, 3.8) is 0 Å². The molecule has 2 heteroatoms. The maximum atomic E-state index is 4.26. The minimum atomic E-state index is 0.889. The first-order valence-corrected chi connectivity index (χ1v) is 4.21. The molecule has 0 aromatic heterocycles. The molecule has 0 heterocycles. The summed E-state index contributed by atoms with van der Waals surface area (Å²) in [6, 6.07) is 0. The van der Waals surface area contributed by atoms with E-state index in [-0.39, 0.29) is 0 Å².